The zero-order valence-electron chi connectivity index (χ0n) is 12.7. The fourth-order valence-electron chi connectivity index (χ4n) is 3.36. The van der Waals surface area contributed by atoms with Gasteiger partial charge in [-0.25, -0.2) is 0 Å². The van der Waals surface area contributed by atoms with E-state index in [2.05, 4.69) is 17.0 Å². The minimum absolute atomic E-state index is 0.0332. The summed E-state index contributed by atoms with van der Waals surface area (Å²) in [4.78, 5) is 13.9. The minimum Gasteiger partial charge on any atom is -0.481 e. The number of halogens is 2. The lowest BCUT2D eigenvalue weighted by Gasteiger charge is -2.21. The summed E-state index contributed by atoms with van der Waals surface area (Å²) in [5.74, 6) is -1.18. The van der Waals surface area contributed by atoms with Gasteiger partial charge in [-0.3, -0.25) is 9.69 Å². The molecule has 0 spiro atoms. The number of allylic oxidation sites excluding steroid dienone is 3. The molecular weight excluding hydrogens is 333 g/mol. The van der Waals surface area contributed by atoms with Crippen LogP contribution in [-0.4, -0.2) is 34.4 Å². The third kappa shape index (κ3) is 3.79. The quantitative estimate of drug-likeness (QED) is 0.836. The Morgan fingerprint density at radius 3 is 2.65 bits per heavy atom. The SMILES string of the molecule is O=C(O)C1CN(Cc2ccccc2)CC1C1=CCC(Cl)C(Cl)=C1. The minimum atomic E-state index is -0.746. The van der Waals surface area contributed by atoms with Gasteiger partial charge < -0.3 is 5.11 Å². The molecule has 3 rings (SSSR count). The van der Waals surface area contributed by atoms with E-state index in [9.17, 15) is 9.90 Å². The Bertz CT molecular complexity index is 642. The molecule has 0 bridgehead atoms. The Hall–Kier alpha value is -1.29. The van der Waals surface area contributed by atoms with E-state index in [4.69, 9.17) is 23.2 Å². The molecule has 3 nitrogen and oxygen atoms in total. The molecule has 2 aliphatic rings. The van der Waals surface area contributed by atoms with Gasteiger partial charge in [-0.1, -0.05) is 48.0 Å². The summed E-state index contributed by atoms with van der Waals surface area (Å²) in [6.07, 6.45) is 4.55. The van der Waals surface area contributed by atoms with Crippen molar-refractivity contribution in [3.63, 3.8) is 0 Å². The smallest absolute Gasteiger partial charge is 0.308 e. The van der Waals surface area contributed by atoms with Gasteiger partial charge in [0.2, 0.25) is 0 Å². The van der Waals surface area contributed by atoms with Gasteiger partial charge in [-0.15, -0.1) is 11.6 Å². The molecule has 1 fully saturated rings. The van der Waals surface area contributed by atoms with Crippen molar-refractivity contribution in [3.8, 4) is 0 Å². The summed E-state index contributed by atoms with van der Waals surface area (Å²) < 4.78 is 0. The summed E-state index contributed by atoms with van der Waals surface area (Å²) in [5.41, 5.74) is 2.21. The largest absolute Gasteiger partial charge is 0.481 e. The lowest BCUT2D eigenvalue weighted by atomic mass is 9.86. The number of aliphatic carboxylic acids is 1. The first-order valence-corrected chi connectivity index (χ1v) is 8.56. The maximum Gasteiger partial charge on any atom is 0.308 e. The monoisotopic (exact) mass is 351 g/mol. The molecule has 0 radical (unpaired) electrons. The number of carboxylic acid groups (broad SMARTS) is 1. The van der Waals surface area contributed by atoms with E-state index < -0.39 is 11.9 Å². The van der Waals surface area contributed by atoms with Crippen LogP contribution in [-0.2, 0) is 11.3 Å². The van der Waals surface area contributed by atoms with Gasteiger partial charge in [0.25, 0.3) is 0 Å². The van der Waals surface area contributed by atoms with Crippen LogP contribution in [0.4, 0.5) is 0 Å². The summed E-state index contributed by atoms with van der Waals surface area (Å²) in [6, 6.07) is 10.1. The Morgan fingerprint density at radius 2 is 2.00 bits per heavy atom. The zero-order chi connectivity index (χ0) is 16.4. The van der Waals surface area contributed by atoms with E-state index in [1.807, 2.05) is 30.4 Å². The lowest BCUT2D eigenvalue weighted by Crippen LogP contribution is -2.24. The highest BCUT2D eigenvalue weighted by molar-refractivity contribution is 6.37. The van der Waals surface area contributed by atoms with Gasteiger partial charge in [0.15, 0.2) is 0 Å². The molecule has 1 aliphatic carbocycles. The Balaban J connectivity index is 1.76. The predicted molar refractivity (Wildman–Crippen MR) is 92.6 cm³/mol. The number of nitrogens with zero attached hydrogens (tertiary/aromatic N) is 1. The molecule has 0 saturated carbocycles. The van der Waals surface area contributed by atoms with E-state index in [1.165, 1.54) is 5.56 Å². The van der Waals surface area contributed by atoms with Crippen molar-refractivity contribution in [2.45, 2.75) is 18.3 Å². The number of carboxylic acids is 1. The molecule has 122 valence electrons. The molecule has 3 atom stereocenters. The van der Waals surface area contributed by atoms with Crippen LogP contribution in [0.5, 0.6) is 0 Å². The Morgan fingerprint density at radius 1 is 1.26 bits per heavy atom. The van der Waals surface area contributed by atoms with Crippen molar-refractivity contribution in [3.05, 3.63) is 58.7 Å². The third-order valence-electron chi connectivity index (χ3n) is 4.55. The molecule has 5 heteroatoms. The third-order valence-corrected chi connectivity index (χ3v) is 5.45. The van der Waals surface area contributed by atoms with Crippen molar-refractivity contribution in [1.29, 1.82) is 0 Å². The molecule has 3 unspecified atom stereocenters. The Kier molecular flexibility index (Phi) is 5.10. The van der Waals surface area contributed by atoms with Gasteiger partial charge in [-0.05, 0) is 23.6 Å². The number of alkyl halides is 1. The lowest BCUT2D eigenvalue weighted by molar-refractivity contribution is -0.142. The van der Waals surface area contributed by atoms with Crippen molar-refractivity contribution in [2.24, 2.45) is 11.8 Å². The number of likely N-dealkylation sites (tertiary alicyclic amines) is 1. The molecule has 1 aliphatic heterocycles. The highest BCUT2D eigenvalue weighted by Gasteiger charge is 2.39. The summed E-state index contributed by atoms with van der Waals surface area (Å²) in [5, 5.41) is 10.00. The maximum atomic E-state index is 11.7. The second kappa shape index (κ2) is 7.08. The van der Waals surface area contributed by atoms with Gasteiger partial charge in [0.1, 0.15) is 0 Å². The van der Waals surface area contributed by atoms with Crippen LogP contribution in [0.2, 0.25) is 0 Å². The van der Waals surface area contributed by atoms with Crippen LogP contribution in [0.25, 0.3) is 0 Å². The number of benzene rings is 1. The molecule has 0 amide bonds. The van der Waals surface area contributed by atoms with E-state index in [1.54, 1.807) is 0 Å². The molecular formula is C18H19Cl2NO2. The molecule has 1 aromatic carbocycles. The van der Waals surface area contributed by atoms with Gasteiger partial charge in [-0.2, -0.15) is 0 Å². The summed E-state index contributed by atoms with van der Waals surface area (Å²) >= 11 is 12.3. The van der Waals surface area contributed by atoms with Crippen LogP contribution in [0.3, 0.4) is 0 Å². The molecule has 23 heavy (non-hydrogen) atoms. The van der Waals surface area contributed by atoms with Gasteiger partial charge >= 0.3 is 5.97 Å². The van der Waals surface area contributed by atoms with Gasteiger partial charge in [0, 0.05) is 30.6 Å². The van der Waals surface area contributed by atoms with Crippen molar-refractivity contribution < 1.29 is 9.90 Å². The second-order valence-electron chi connectivity index (χ2n) is 6.17. The van der Waals surface area contributed by atoms with Crippen LogP contribution in [0.15, 0.2) is 53.1 Å². The van der Waals surface area contributed by atoms with E-state index in [0.717, 1.165) is 18.7 Å². The average molecular weight is 352 g/mol. The highest BCUT2D eigenvalue weighted by atomic mass is 35.5. The van der Waals surface area contributed by atoms with Crippen LogP contribution in [0.1, 0.15) is 12.0 Å². The normalized spacial score (nSPS) is 28.3. The number of hydrogen-bond acceptors (Lipinski definition) is 2. The van der Waals surface area contributed by atoms with Gasteiger partial charge in [0.05, 0.1) is 11.3 Å². The van der Waals surface area contributed by atoms with E-state index in [0.29, 0.717) is 18.0 Å². The first-order chi connectivity index (χ1) is 11.0. The van der Waals surface area contributed by atoms with Crippen molar-refractivity contribution in [2.75, 3.05) is 13.1 Å². The second-order valence-corrected chi connectivity index (χ2v) is 7.13. The fourth-order valence-corrected chi connectivity index (χ4v) is 3.73. The summed E-state index contributed by atoms with van der Waals surface area (Å²) in [7, 11) is 0. The molecule has 1 heterocycles. The van der Waals surface area contributed by atoms with Crippen molar-refractivity contribution in [1.82, 2.24) is 4.90 Å². The molecule has 0 aromatic heterocycles. The first-order valence-electron chi connectivity index (χ1n) is 7.75. The van der Waals surface area contributed by atoms with Crippen LogP contribution < -0.4 is 0 Å². The van der Waals surface area contributed by atoms with Crippen molar-refractivity contribution >= 4 is 29.2 Å². The maximum absolute atomic E-state index is 11.7. The number of carbonyl (C=O) groups is 1. The average Bonchev–Trinajstić information content (AvgIpc) is 2.95. The number of rotatable bonds is 4. The topological polar surface area (TPSA) is 40.5 Å². The van der Waals surface area contributed by atoms with E-state index >= 15 is 0 Å². The number of hydrogen-bond donors (Lipinski definition) is 1. The van der Waals surface area contributed by atoms with Crippen LogP contribution >= 0.6 is 23.2 Å². The zero-order valence-corrected chi connectivity index (χ0v) is 14.2. The first kappa shape index (κ1) is 16.6. The van der Waals surface area contributed by atoms with E-state index in [-0.39, 0.29) is 11.3 Å². The Labute approximate surface area is 146 Å². The standard InChI is InChI=1S/C18H19Cl2NO2/c19-16-7-6-13(8-17(16)20)14-10-21(11-15(14)18(22)23)9-12-4-2-1-3-5-12/h1-6,8,14-16H,7,9-11H2,(H,22,23). The fraction of sp³-hybridized carbons (Fsp3) is 0.389. The molecule has 1 aromatic rings. The van der Waals surface area contributed by atoms with Crippen LogP contribution in [0, 0.1) is 11.8 Å². The molecule has 1 N–H and O–H groups in total. The predicted octanol–water partition coefficient (Wildman–Crippen LogP) is 3.88. The highest BCUT2D eigenvalue weighted by Crippen LogP contribution is 2.36. The summed E-state index contributed by atoms with van der Waals surface area (Å²) in [6.45, 7) is 2.05. The molecule has 1 saturated heterocycles.